The van der Waals surface area contributed by atoms with Gasteiger partial charge in [-0.15, -0.1) is 0 Å². The van der Waals surface area contributed by atoms with Crippen molar-refractivity contribution in [3.05, 3.63) is 58.6 Å². The van der Waals surface area contributed by atoms with Crippen LogP contribution in [0.25, 0.3) is 11.1 Å². The zero-order valence-electron chi connectivity index (χ0n) is 19.0. The predicted octanol–water partition coefficient (Wildman–Crippen LogP) is 5.72. The Morgan fingerprint density at radius 2 is 2.03 bits per heavy atom. The first-order valence-corrected chi connectivity index (χ1v) is 13.0. The summed E-state index contributed by atoms with van der Waals surface area (Å²) in [7, 11) is 0. The molecular weight excluding hydrogens is 458 g/mol. The van der Waals surface area contributed by atoms with Gasteiger partial charge in [-0.25, -0.2) is 0 Å². The number of carboxylic acid groups (broad SMARTS) is 1. The number of nitrogens with zero attached hydrogens (tertiary/aromatic N) is 1. The topological polar surface area (TPSA) is 77.8 Å². The lowest BCUT2D eigenvalue weighted by Gasteiger charge is -2.25. The molecule has 1 amide bonds. The molecular formula is C26H32ClNO4S. The summed E-state index contributed by atoms with van der Waals surface area (Å²) in [6.45, 7) is 2.68. The van der Waals surface area contributed by atoms with E-state index in [2.05, 4.69) is 0 Å². The van der Waals surface area contributed by atoms with E-state index in [1.54, 1.807) is 11.8 Å². The van der Waals surface area contributed by atoms with Crippen molar-refractivity contribution >= 4 is 35.2 Å². The van der Waals surface area contributed by atoms with Gasteiger partial charge in [-0.2, -0.15) is 11.8 Å². The van der Waals surface area contributed by atoms with Crippen LogP contribution >= 0.6 is 23.4 Å². The van der Waals surface area contributed by atoms with Crippen LogP contribution in [-0.2, 0) is 9.59 Å². The third kappa shape index (κ3) is 7.23. The predicted molar refractivity (Wildman–Crippen MR) is 135 cm³/mol. The molecule has 33 heavy (non-hydrogen) atoms. The second-order valence-corrected chi connectivity index (χ2v) is 10.2. The second kappa shape index (κ2) is 12.4. The minimum Gasteiger partial charge on any atom is -0.481 e. The first kappa shape index (κ1) is 25.6. The molecule has 2 aromatic carbocycles. The number of likely N-dealkylation sites (tertiary alicyclic amines) is 1. The monoisotopic (exact) mass is 489 g/mol. The van der Waals surface area contributed by atoms with E-state index < -0.39 is 12.1 Å². The van der Waals surface area contributed by atoms with E-state index >= 15 is 0 Å². The van der Waals surface area contributed by atoms with Crippen LogP contribution in [-0.4, -0.2) is 51.1 Å². The molecule has 0 saturated carbocycles. The number of aliphatic hydroxyl groups excluding tert-OH is 1. The largest absolute Gasteiger partial charge is 0.481 e. The smallest absolute Gasteiger partial charge is 0.303 e. The summed E-state index contributed by atoms with van der Waals surface area (Å²) >= 11 is 7.97. The van der Waals surface area contributed by atoms with Gasteiger partial charge in [0.15, 0.2) is 0 Å². The lowest BCUT2D eigenvalue weighted by Crippen LogP contribution is -2.35. The number of hydrogen-bond acceptors (Lipinski definition) is 4. The average Bonchev–Trinajstić information content (AvgIpc) is 3.15. The summed E-state index contributed by atoms with van der Waals surface area (Å²) in [5.41, 5.74) is 3.98. The van der Waals surface area contributed by atoms with E-state index in [9.17, 15) is 14.7 Å². The number of benzene rings is 2. The van der Waals surface area contributed by atoms with Gasteiger partial charge in [0.2, 0.25) is 5.91 Å². The average molecular weight is 490 g/mol. The van der Waals surface area contributed by atoms with E-state index in [4.69, 9.17) is 16.7 Å². The van der Waals surface area contributed by atoms with E-state index in [1.165, 1.54) is 0 Å². The molecule has 7 heteroatoms. The Morgan fingerprint density at radius 1 is 1.24 bits per heavy atom. The van der Waals surface area contributed by atoms with E-state index in [0.29, 0.717) is 25.8 Å². The molecule has 0 aromatic heterocycles. The number of rotatable bonds is 12. The highest BCUT2D eigenvalue weighted by Crippen LogP contribution is 2.32. The molecule has 0 spiro atoms. The van der Waals surface area contributed by atoms with Crippen LogP contribution in [0.1, 0.15) is 55.8 Å². The van der Waals surface area contributed by atoms with Crippen molar-refractivity contribution in [2.75, 3.05) is 18.1 Å². The van der Waals surface area contributed by atoms with Crippen molar-refractivity contribution < 1.29 is 19.8 Å². The molecule has 2 N–H and O–H groups in total. The van der Waals surface area contributed by atoms with Crippen molar-refractivity contribution in [2.45, 2.75) is 57.6 Å². The van der Waals surface area contributed by atoms with Gasteiger partial charge in [0.05, 0.1) is 6.10 Å². The molecule has 2 aromatic rings. The molecule has 0 radical (unpaired) electrons. The third-order valence-electron chi connectivity index (χ3n) is 6.23. The van der Waals surface area contributed by atoms with E-state index in [-0.39, 0.29) is 18.4 Å². The van der Waals surface area contributed by atoms with Gasteiger partial charge in [-0.1, -0.05) is 41.9 Å². The zero-order valence-corrected chi connectivity index (χ0v) is 20.6. The van der Waals surface area contributed by atoms with Crippen molar-refractivity contribution in [3.8, 4) is 11.1 Å². The highest BCUT2D eigenvalue weighted by atomic mass is 35.5. The van der Waals surface area contributed by atoms with Crippen LogP contribution in [0, 0.1) is 6.92 Å². The summed E-state index contributed by atoms with van der Waals surface area (Å²) in [5.74, 6) is 1.02. The number of carbonyl (C=O) groups excluding carboxylic acids is 1. The number of halogens is 1. The number of carbonyl (C=O) groups is 2. The highest BCUT2D eigenvalue weighted by molar-refractivity contribution is 7.99. The lowest BCUT2D eigenvalue weighted by molar-refractivity contribution is -0.137. The molecule has 3 rings (SSSR count). The van der Waals surface area contributed by atoms with Crippen LogP contribution in [0.3, 0.4) is 0 Å². The number of thioether (sulfide) groups is 1. The van der Waals surface area contributed by atoms with Crippen molar-refractivity contribution in [3.63, 3.8) is 0 Å². The number of aliphatic hydroxyl groups is 1. The van der Waals surface area contributed by atoms with Crippen LogP contribution in [0.4, 0.5) is 0 Å². The van der Waals surface area contributed by atoms with Crippen LogP contribution < -0.4 is 0 Å². The Kier molecular flexibility index (Phi) is 9.65. The molecule has 1 fully saturated rings. The summed E-state index contributed by atoms with van der Waals surface area (Å²) in [4.78, 5) is 24.9. The van der Waals surface area contributed by atoms with Crippen LogP contribution in [0.5, 0.6) is 0 Å². The maximum absolute atomic E-state index is 12.3. The number of amides is 1. The molecule has 0 unspecified atom stereocenters. The Labute approximate surface area is 205 Å². The van der Waals surface area contributed by atoms with Gasteiger partial charge in [-0.3, -0.25) is 9.59 Å². The number of aliphatic carboxylic acids is 1. The fraction of sp³-hybridized carbons (Fsp3) is 0.462. The van der Waals surface area contributed by atoms with Gasteiger partial charge >= 0.3 is 5.97 Å². The number of carboxylic acids is 1. The summed E-state index contributed by atoms with van der Waals surface area (Å²) in [5, 5.41) is 20.3. The van der Waals surface area contributed by atoms with Gasteiger partial charge in [0.25, 0.3) is 0 Å². The number of hydrogen-bond donors (Lipinski definition) is 2. The van der Waals surface area contributed by atoms with Gasteiger partial charge in [0, 0.05) is 36.2 Å². The van der Waals surface area contributed by atoms with Crippen LogP contribution in [0.15, 0.2) is 42.5 Å². The first-order valence-electron chi connectivity index (χ1n) is 11.5. The second-order valence-electron chi connectivity index (χ2n) is 8.52. The molecule has 1 heterocycles. The minimum absolute atomic E-state index is 0.158. The molecule has 5 nitrogen and oxygen atoms in total. The zero-order chi connectivity index (χ0) is 23.8. The maximum Gasteiger partial charge on any atom is 0.303 e. The van der Waals surface area contributed by atoms with Crippen molar-refractivity contribution in [2.24, 2.45) is 0 Å². The Balaban J connectivity index is 1.53. The lowest BCUT2D eigenvalue weighted by atomic mass is 9.95. The highest BCUT2D eigenvalue weighted by Gasteiger charge is 2.30. The molecule has 1 aliphatic rings. The molecule has 1 saturated heterocycles. The molecule has 2 atom stereocenters. The Hall–Kier alpha value is -2.02. The molecule has 0 aliphatic carbocycles. The fourth-order valence-electron chi connectivity index (χ4n) is 4.34. The Morgan fingerprint density at radius 3 is 2.82 bits per heavy atom. The minimum atomic E-state index is -0.766. The molecule has 1 aliphatic heterocycles. The van der Waals surface area contributed by atoms with E-state index in [0.717, 1.165) is 51.6 Å². The molecule has 0 bridgehead atoms. The summed E-state index contributed by atoms with van der Waals surface area (Å²) in [6, 6.07) is 14.0. The summed E-state index contributed by atoms with van der Waals surface area (Å²) in [6.07, 6.45) is 3.00. The van der Waals surface area contributed by atoms with Crippen molar-refractivity contribution in [1.82, 2.24) is 4.90 Å². The molecule has 178 valence electrons. The van der Waals surface area contributed by atoms with Gasteiger partial charge in [-0.05, 0) is 72.7 Å². The third-order valence-corrected chi connectivity index (χ3v) is 7.69. The summed E-state index contributed by atoms with van der Waals surface area (Å²) < 4.78 is 0. The SMILES string of the molecule is Cc1c(Cl)cccc1-c1cccc([C@@H](O)CC[C@H]2CCC(=O)N2CCSCCCC(=O)O)c1. The normalized spacial score (nSPS) is 16.9. The maximum atomic E-state index is 12.3. The Bertz CT molecular complexity index is 967. The van der Waals surface area contributed by atoms with Gasteiger partial charge < -0.3 is 15.1 Å². The van der Waals surface area contributed by atoms with Crippen LogP contribution in [0.2, 0.25) is 5.02 Å². The quantitative estimate of drug-likeness (QED) is 0.373. The van der Waals surface area contributed by atoms with Gasteiger partial charge in [0.1, 0.15) is 0 Å². The fourth-order valence-corrected chi connectivity index (χ4v) is 5.39. The first-order chi connectivity index (χ1) is 15.9. The standard InChI is InChI=1S/C26H32ClNO4S/c1-18-22(7-3-8-23(18)27)19-5-2-6-20(17-19)24(29)12-10-21-11-13-25(30)28(21)14-16-33-15-4-9-26(31)32/h2-3,5-8,17,21,24,29H,4,9-16H2,1H3,(H,31,32)/t21-,24-/m0/s1. The van der Waals surface area contributed by atoms with E-state index in [1.807, 2.05) is 54.3 Å². The van der Waals surface area contributed by atoms with Crippen molar-refractivity contribution in [1.29, 1.82) is 0 Å².